The van der Waals surface area contributed by atoms with Crippen LogP contribution in [-0.2, 0) is 6.42 Å². The quantitative estimate of drug-likeness (QED) is 0.643. The summed E-state index contributed by atoms with van der Waals surface area (Å²) in [6.07, 6.45) is 3.75. The van der Waals surface area contributed by atoms with Crippen LogP contribution in [0.5, 0.6) is 0 Å². The van der Waals surface area contributed by atoms with E-state index in [0.717, 1.165) is 24.0 Å². The number of hydrogen-bond donors (Lipinski definition) is 2. The predicted octanol–water partition coefficient (Wildman–Crippen LogP) is 3.44. The molecule has 0 radical (unpaired) electrons. The van der Waals surface area contributed by atoms with Crippen LogP contribution in [0.3, 0.4) is 0 Å². The Hall–Kier alpha value is -1.29. The maximum absolute atomic E-state index is 6.00. The molecule has 4 heteroatoms. The molecule has 0 fully saturated rings. The van der Waals surface area contributed by atoms with Crippen LogP contribution in [0, 0.1) is 0 Å². The molecule has 1 heterocycles. The zero-order chi connectivity index (χ0) is 13.0. The molecule has 96 valence electrons. The first-order valence-corrected chi connectivity index (χ1v) is 6.42. The summed E-state index contributed by atoms with van der Waals surface area (Å²) in [5.74, 6) is 5.64. The van der Waals surface area contributed by atoms with Gasteiger partial charge in [0.2, 0.25) is 0 Å². The average molecular weight is 265 g/mol. The number of hydrazine groups is 1. The number of benzene rings is 1. The Bertz CT molecular complexity index is 510. The molecule has 0 spiro atoms. The van der Waals surface area contributed by atoms with Gasteiger partial charge in [-0.25, -0.2) is 5.43 Å². The van der Waals surface area contributed by atoms with Crippen molar-refractivity contribution in [3.8, 4) is 0 Å². The second kappa shape index (κ2) is 6.05. The molecule has 0 saturated heterocycles. The van der Waals surface area contributed by atoms with Crippen LogP contribution in [-0.4, -0.2) is 0 Å². The molecule has 1 atom stereocenters. The fourth-order valence-corrected chi connectivity index (χ4v) is 2.32. The fourth-order valence-electron chi connectivity index (χ4n) is 2.09. The van der Waals surface area contributed by atoms with Gasteiger partial charge in [-0.2, -0.15) is 0 Å². The maximum Gasteiger partial charge on any atom is 0.198 e. The lowest BCUT2D eigenvalue weighted by molar-refractivity contribution is 0.555. The highest BCUT2D eigenvalue weighted by Crippen LogP contribution is 2.29. The van der Waals surface area contributed by atoms with E-state index in [1.807, 2.05) is 18.2 Å². The van der Waals surface area contributed by atoms with Gasteiger partial charge in [0.25, 0.3) is 0 Å². The van der Waals surface area contributed by atoms with E-state index < -0.39 is 0 Å². The molecule has 0 amide bonds. The molecule has 2 aromatic rings. The number of aryl methyl sites for hydroxylation is 1. The zero-order valence-corrected chi connectivity index (χ0v) is 11.1. The van der Waals surface area contributed by atoms with Crippen molar-refractivity contribution < 1.29 is 4.42 Å². The monoisotopic (exact) mass is 264 g/mol. The Morgan fingerprint density at radius 1 is 1.39 bits per heavy atom. The number of halogens is 1. The summed E-state index contributed by atoms with van der Waals surface area (Å²) in [6.45, 7) is 2.16. The van der Waals surface area contributed by atoms with Gasteiger partial charge in [-0.3, -0.25) is 5.84 Å². The SMILES string of the molecule is CCCc1cccc(C(NN)c2ccoc2Cl)c1. The van der Waals surface area contributed by atoms with E-state index in [1.54, 1.807) is 6.26 Å². The minimum atomic E-state index is -0.145. The molecule has 3 nitrogen and oxygen atoms in total. The highest BCUT2D eigenvalue weighted by atomic mass is 35.5. The maximum atomic E-state index is 6.00. The topological polar surface area (TPSA) is 51.2 Å². The molecule has 0 aliphatic rings. The summed E-state index contributed by atoms with van der Waals surface area (Å²) in [5, 5.41) is 0.374. The molecule has 18 heavy (non-hydrogen) atoms. The molecule has 0 aliphatic carbocycles. The highest BCUT2D eigenvalue weighted by Gasteiger charge is 2.17. The van der Waals surface area contributed by atoms with Crippen LogP contribution in [0.1, 0.15) is 36.1 Å². The first kappa shape index (κ1) is 13.1. The first-order chi connectivity index (χ1) is 8.76. The number of nitrogens with one attached hydrogen (secondary N) is 1. The molecule has 1 aromatic heterocycles. The van der Waals surface area contributed by atoms with Crippen molar-refractivity contribution in [2.24, 2.45) is 5.84 Å². The molecular weight excluding hydrogens is 248 g/mol. The lowest BCUT2D eigenvalue weighted by Crippen LogP contribution is -2.28. The Morgan fingerprint density at radius 2 is 2.22 bits per heavy atom. The molecule has 0 bridgehead atoms. The van der Waals surface area contributed by atoms with E-state index in [4.69, 9.17) is 21.9 Å². The molecular formula is C14H17ClN2O. The van der Waals surface area contributed by atoms with Crippen LogP contribution < -0.4 is 11.3 Å². The van der Waals surface area contributed by atoms with E-state index in [-0.39, 0.29) is 6.04 Å². The fraction of sp³-hybridized carbons (Fsp3) is 0.286. The van der Waals surface area contributed by atoms with Crippen molar-refractivity contribution in [1.82, 2.24) is 5.43 Å². The number of furan rings is 1. The molecule has 0 aliphatic heterocycles. The molecule has 1 aromatic carbocycles. The normalized spacial score (nSPS) is 12.6. The molecule has 2 rings (SSSR count). The van der Waals surface area contributed by atoms with E-state index >= 15 is 0 Å². The van der Waals surface area contributed by atoms with Gasteiger partial charge in [0, 0.05) is 5.56 Å². The summed E-state index contributed by atoms with van der Waals surface area (Å²) in [7, 11) is 0. The van der Waals surface area contributed by atoms with Crippen molar-refractivity contribution in [1.29, 1.82) is 0 Å². The van der Waals surface area contributed by atoms with Gasteiger partial charge in [-0.1, -0.05) is 37.6 Å². The Morgan fingerprint density at radius 3 is 2.83 bits per heavy atom. The Kier molecular flexibility index (Phi) is 4.42. The summed E-state index contributed by atoms with van der Waals surface area (Å²) in [4.78, 5) is 0. The van der Waals surface area contributed by atoms with Crippen molar-refractivity contribution in [3.05, 3.63) is 58.5 Å². The summed E-state index contributed by atoms with van der Waals surface area (Å²) >= 11 is 6.00. The Labute approximate surface area is 112 Å². The highest BCUT2D eigenvalue weighted by molar-refractivity contribution is 6.29. The van der Waals surface area contributed by atoms with E-state index in [0.29, 0.717) is 5.22 Å². The van der Waals surface area contributed by atoms with Crippen LogP contribution in [0.4, 0.5) is 0 Å². The second-order valence-corrected chi connectivity index (χ2v) is 4.59. The molecule has 1 unspecified atom stereocenters. The largest absolute Gasteiger partial charge is 0.453 e. The standard InChI is InChI=1S/C14H17ClN2O/c1-2-4-10-5-3-6-11(9-10)13(17-16)12-7-8-18-14(12)15/h3,5-9,13,17H,2,4,16H2,1H3. The lowest BCUT2D eigenvalue weighted by Gasteiger charge is -2.16. The van der Waals surface area contributed by atoms with Gasteiger partial charge < -0.3 is 4.42 Å². The molecule has 3 N–H and O–H groups in total. The van der Waals surface area contributed by atoms with Gasteiger partial charge in [-0.05, 0) is 35.2 Å². The molecule has 0 saturated carbocycles. The van der Waals surface area contributed by atoms with Crippen molar-refractivity contribution in [3.63, 3.8) is 0 Å². The van der Waals surface area contributed by atoms with E-state index in [1.165, 1.54) is 5.56 Å². The third-order valence-corrected chi connectivity index (χ3v) is 3.25. The van der Waals surface area contributed by atoms with Gasteiger partial charge in [0.15, 0.2) is 5.22 Å². The third-order valence-electron chi connectivity index (χ3n) is 2.95. The van der Waals surface area contributed by atoms with Crippen LogP contribution in [0.15, 0.2) is 41.0 Å². The number of rotatable bonds is 5. The summed E-state index contributed by atoms with van der Waals surface area (Å²) in [5.41, 5.74) is 6.03. The van der Waals surface area contributed by atoms with Gasteiger partial charge in [-0.15, -0.1) is 0 Å². The minimum absolute atomic E-state index is 0.145. The third kappa shape index (κ3) is 2.75. The smallest absolute Gasteiger partial charge is 0.198 e. The van der Waals surface area contributed by atoms with Crippen molar-refractivity contribution in [2.75, 3.05) is 0 Å². The summed E-state index contributed by atoms with van der Waals surface area (Å²) in [6, 6.07) is 10.0. The van der Waals surface area contributed by atoms with Crippen molar-refractivity contribution >= 4 is 11.6 Å². The average Bonchev–Trinajstić information content (AvgIpc) is 2.78. The second-order valence-electron chi connectivity index (χ2n) is 4.24. The van der Waals surface area contributed by atoms with Crippen LogP contribution in [0.25, 0.3) is 0 Å². The summed E-state index contributed by atoms with van der Waals surface area (Å²) < 4.78 is 5.12. The lowest BCUT2D eigenvalue weighted by atomic mass is 9.98. The number of hydrogen-bond acceptors (Lipinski definition) is 3. The van der Waals surface area contributed by atoms with Crippen LogP contribution in [0.2, 0.25) is 5.22 Å². The van der Waals surface area contributed by atoms with E-state index in [2.05, 4.69) is 24.5 Å². The van der Waals surface area contributed by atoms with Crippen LogP contribution >= 0.6 is 11.6 Å². The Balaban J connectivity index is 2.33. The minimum Gasteiger partial charge on any atom is -0.453 e. The van der Waals surface area contributed by atoms with Gasteiger partial charge in [0.1, 0.15) is 0 Å². The van der Waals surface area contributed by atoms with Crippen molar-refractivity contribution in [2.45, 2.75) is 25.8 Å². The zero-order valence-electron chi connectivity index (χ0n) is 10.3. The predicted molar refractivity (Wildman–Crippen MR) is 73.3 cm³/mol. The van der Waals surface area contributed by atoms with Gasteiger partial charge >= 0.3 is 0 Å². The van der Waals surface area contributed by atoms with E-state index in [9.17, 15) is 0 Å². The number of nitrogens with two attached hydrogens (primary N) is 1. The van der Waals surface area contributed by atoms with Gasteiger partial charge in [0.05, 0.1) is 12.3 Å². The first-order valence-electron chi connectivity index (χ1n) is 6.04.